The van der Waals surface area contributed by atoms with Crippen LogP contribution in [0.25, 0.3) is 0 Å². The molecule has 1 aliphatic rings. The minimum absolute atomic E-state index is 0.219. The number of hydrogen-bond acceptors (Lipinski definition) is 2. The van der Waals surface area contributed by atoms with Gasteiger partial charge in [0.05, 0.1) is 0 Å². The molecule has 1 unspecified atom stereocenters. The first-order valence-electron chi connectivity index (χ1n) is 7.47. The number of halogens is 2. The highest BCUT2D eigenvalue weighted by atomic mass is 35.5. The molecule has 1 atom stereocenters. The summed E-state index contributed by atoms with van der Waals surface area (Å²) in [5.74, 6) is -0.219. The summed E-state index contributed by atoms with van der Waals surface area (Å²) in [6.07, 6.45) is 3.79. The summed E-state index contributed by atoms with van der Waals surface area (Å²) in [4.78, 5) is 2.36. The minimum atomic E-state index is -0.219. The second-order valence-corrected chi connectivity index (χ2v) is 6.31. The Morgan fingerprint density at radius 1 is 1.40 bits per heavy atom. The van der Waals surface area contributed by atoms with Gasteiger partial charge in [-0.25, -0.2) is 4.39 Å². The normalized spacial score (nSPS) is 19.8. The lowest BCUT2D eigenvalue weighted by Crippen LogP contribution is -2.45. The summed E-state index contributed by atoms with van der Waals surface area (Å²) in [6.45, 7) is 7.15. The number of piperidine rings is 1. The van der Waals surface area contributed by atoms with E-state index in [0.29, 0.717) is 23.7 Å². The van der Waals surface area contributed by atoms with Crippen LogP contribution in [0.1, 0.15) is 38.7 Å². The van der Waals surface area contributed by atoms with Crippen LogP contribution in [-0.2, 0) is 6.54 Å². The number of nitrogens with zero attached hydrogens (tertiary/aromatic N) is 1. The zero-order valence-electron chi connectivity index (χ0n) is 12.3. The van der Waals surface area contributed by atoms with Crippen LogP contribution in [-0.4, -0.2) is 30.1 Å². The molecule has 0 aliphatic carbocycles. The Hall–Kier alpha value is -0.640. The number of rotatable bonds is 5. The van der Waals surface area contributed by atoms with Gasteiger partial charge >= 0.3 is 0 Å². The van der Waals surface area contributed by atoms with Crippen molar-refractivity contribution >= 4 is 11.6 Å². The van der Waals surface area contributed by atoms with Gasteiger partial charge in [-0.15, -0.1) is 0 Å². The van der Waals surface area contributed by atoms with Gasteiger partial charge < -0.3 is 5.32 Å². The fourth-order valence-corrected chi connectivity index (χ4v) is 2.88. The average Bonchev–Trinajstić information content (AvgIpc) is 2.43. The minimum Gasteiger partial charge on any atom is -0.313 e. The summed E-state index contributed by atoms with van der Waals surface area (Å²) in [5.41, 5.74) is 0.871. The third-order valence-electron chi connectivity index (χ3n) is 3.98. The molecule has 2 nitrogen and oxygen atoms in total. The van der Waals surface area contributed by atoms with E-state index in [9.17, 15) is 4.39 Å². The van der Waals surface area contributed by atoms with Crippen LogP contribution in [0.2, 0.25) is 5.02 Å². The van der Waals surface area contributed by atoms with Crippen molar-refractivity contribution in [3.63, 3.8) is 0 Å². The molecule has 1 heterocycles. The monoisotopic (exact) mass is 298 g/mol. The molecule has 20 heavy (non-hydrogen) atoms. The van der Waals surface area contributed by atoms with E-state index in [1.54, 1.807) is 12.1 Å². The Balaban J connectivity index is 2.02. The standard InChI is InChI=1S/C16H24ClFN2/c1-12(2)20(11-15-5-3-4-8-19-15)10-13-9-14(18)6-7-16(13)17/h6-7,9,12,15,19H,3-5,8,10-11H2,1-2H3. The highest BCUT2D eigenvalue weighted by molar-refractivity contribution is 6.31. The van der Waals surface area contributed by atoms with Gasteiger partial charge in [0.15, 0.2) is 0 Å². The van der Waals surface area contributed by atoms with E-state index in [-0.39, 0.29) is 5.82 Å². The van der Waals surface area contributed by atoms with E-state index in [2.05, 4.69) is 24.1 Å². The topological polar surface area (TPSA) is 15.3 Å². The lowest BCUT2D eigenvalue weighted by molar-refractivity contribution is 0.177. The molecule has 1 aliphatic heterocycles. The third-order valence-corrected chi connectivity index (χ3v) is 4.35. The van der Waals surface area contributed by atoms with Crippen molar-refractivity contribution in [1.29, 1.82) is 0 Å². The molecule has 0 saturated carbocycles. The van der Waals surface area contributed by atoms with Crippen molar-refractivity contribution in [2.75, 3.05) is 13.1 Å². The largest absolute Gasteiger partial charge is 0.313 e. The predicted octanol–water partition coefficient (Wildman–Crippen LogP) is 3.83. The molecular weight excluding hydrogens is 275 g/mol. The van der Waals surface area contributed by atoms with E-state index in [1.165, 1.54) is 25.3 Å². The maximum atomic E-state index is 13.4. The maximum absolute atomic E-state index is 13.4. The van der Waals surface area contributed by atoms with E-state index in [1.807, 2.05) is 0 Å². The fourth-order valence-electron chi connectivity index (χ4n) is 2.70. The van der Waals surface area contributed by atoms with Crippen LogP contribution in [0.3, 0.4) is 0 Å². The molecule has 1 N–H and O–H groups in total. The van der Waals surface area contributed by atoms with Crippen LogP contribution in [0, 0.1) is 5.82 Å². The third kappa shape index (κ3) is 4.44. The first kappa shape index (κ1) is 15.7. The lowest BCUT2D eigenvalue weighted by atomic mass is 10.0. The Morgan fingerprint density at radius 3 is 2.85 bits per heavy atom. The molecule has 4 heteroatoms. The Morgan fingerprint density at radius 2 is 2.20 bits per heavy atom. The van der Waals surface area contributed by atoms with Gasteiger partial charge in [0.25, 0.3) is 0 Å². The van der Waals surface area contributed by atoms with E-state index in [0.717, 1.165) is 18.7 Å². The van der Waals surface area contributed by atoms with Crippen LogP contribution < -0.4 is 5.32 Å². The predicted molar refractivity (Wildman–Crippen MR) is 82.6 cm³/mol. The smallest absolute Gasteiger partial charge is 0.123 e. The lowest BCUT2D eigenvalue weighted by Gasteiger charge is -2.33. The summed E-state index contributed by atoms with van der Waals surface area (Å²) < 4.78 is 13.4. The molecule has 1 fully saturated rings. The van der Waals surface area contributed by atoms with Crippen molar-refractivity contribution in [2.24, 2.45) is 0 Å². The molecule has 0 bridgehead atoms. The first-order chi connectivity index (χ1) is 9.56. The van der Waals surface area contributed by atoms with Gasteiger partial charge in [0.1, 0.15) is 5.82 Å². The molecule has 2 rings (SSSR count). The van der Waals surface area contributed by atoms with Crippen molar-refractivity contribution in [3.8, 4) is 0 Å². The SMILES string of the molecule is CC(C)N(Cc1cc(F)ccc1Cl)CC1CCCCN1. The summed E-state index contributed by atoms with van der Waals surface area (Å²) in [7, 11) is 0. The van der Waals surface area contributed by atoms with Gasteiger partial charge in [-0.1, -0.05) is 18.0 Å². The van der Waals surface area contributed by atoms with Crippen molar-refractivity contribution in [1.82, 2.24) is 10.2 Å². The fraction of sp³-hybridized carbons (Fsp3) is 0.625. The summed E-state index contributed by atoms with van der Waals surface area (Å²) in [5, 5.41) is 4.21. The molecule has 1 aromatic carbocycles. The molecule has 0 aromatic heterocycles. The van der Waals surface area contributed by atoms with E-state index in [4.69, 9.17) is 11.6 Å². The van der Waals surface area contributed by atoms with Crippen LogP contribution in [0.15, 0.2) is 18.2 Å². The van der Waals surface area contributed by atoms with Crippen molar-refractivity contribution in [3.05, 3.63) is 34.6 Å². The van der Waals surface area contributed by atoms with Gasteiger partial charge in [0, 0.05) is 30.2 Å². The number of benzene rings is 1. The molecule has 112 valence electrons. The second-order valence-electron chi connectivity index (χ2n) is 5.91. The molecule has 0 amide bonds. The molecule has 0 spiro atoms. The quantitative estimate of drug-likeness (QED) is 0.889. The highest BCUT2D eigenvalue weighted by Gasteiger charge is 2.19. The zero-order valence-corrected chi connectivity index (χ0v) is 13.1. The Bertz CT molecular complexity index is 430. The number of hydrogen-bond donors (Lipinski definition) is 1. The molecular formula is C16H24ClFN2. The van der Waals surface area contributed by atoms with Crippen molar-refractivity contribution < 1.29 is 4.39 Å². The second kappa shape index (κ2) is 7.39. The van der Waals surface area contributed by atoms with Gasteiger partial charge in [0.2, 0.25) is 0 Å². The van der Waals surface area contributed by atoms with Crippen LogP contribution in [0.5, 0.6) is 0 Å². The summed E-state index contributed by atoms with van der Waals surface area (Å²) >= 11 is 6.18. The molecule has 0 radical (unpaired) electrons. The van der Waals surface area contributed by atoms with E-state index < -0.39 is 0 Å². The van der Waals surface area contributed by atoms with Crippen molar-refractivity contribution in [2.45, 2.75) is 51.7 Å². The first-order valence-corrected chi connectivity index (χ1v) is 7.85. The van der Waals surface area contributed by atoms with Crippen LogP contribution >= 0.6 is 11.6 Å². The maximum Gasteiger partial charge on any atom is 0.123 e. The van der Waals surface area contributed by atoms with Gasteiger partial charge in [-0.3, -0.25) is 4.90 Å². The van der Waals surface area contributed by atoms with Gasteiger partial charge in [-0.05, 0) is 57.0 Å². The average molecular weight is 299 g/mol. The molecule has 1 aromatic rings. The zero-order chi connectivity index (χ0) is 14.5. The summed E-state index contributed by atoms with van der Waals surface area (Å²) in [6, 6.07) is 5.56. The number of nitrogens with one attached hydrogen (secondary N) is 1. The van der Waals surface area contributed by atoms with Crippen LogP contribution in [0.4, 0.5) is 4.39 Å². The Labute approximate surface area is 126 Å². The van der Waals surface area contributed by atoms with E-state index >= 15 is 0 Å². The Kier molecular flexibility index (Phi) is 5.82. The molecule has 1 saturated heterocycles. The van der Waals surface area contributed by atoms with Gasteiger partial charge in [-0.2, -0.15) is 0 Å². The highest BCUT2D eigenvalue weighted by Crippen LogP contribution is 2.21.